The molecular weight excluding hydrogens is 693 g/mol. The molecule has 0 unspecified atom stereocenters. The predicted molar refractivity (Wildman–Crippen MR) is 215 cm³/mol. The zero-order chi connectivity index (χ0) is 39.3. The van der Waals surface area contributed by atoms with Crippen molar-refractivity contribution in [3.63, 3.8) is 0 Å². The maximum absolute atomic E-state index is 13.9. The van der Waals surface area contributed by atoms with Crippen LogP contribution >= 0.6 is 0 Å². The summed E-state index contributed by atoms with van der Waals surface area (Å²) in [5.74, 6) is -2.28. The topological polar surface area (TPSA) is 146 Å². The number of allylic oxidation sites excluding steroid dienone is 11. The third kappa shape index (κ3) is 6.39. The molecule has 1 aliphatic carbocycles. The lowest BCUT2D eigenvalue weighted by molar-refractivity contribution is -0.197. The fraction of sp³-hybridized carbons (Fsp3) is 0.386. The first-order valence-electron chi connectivity index (χ1n) is 19.3. The van der Waals surface area contributed by atoms with Gasteiger partial charge in [-0.3, -0.25) is 19.4 Å². The van der Waals surface area contributed by atoms with E-state index in [9.17, 15) is 19.2 Å². The van der Waals surface area contributed by atoms with Gasteiger partial charge >= 0.3 is 5.97 Å². The van der Waals surface area contributed by atoms with Crippen LogP contribution in [-0.2, 0) is 30.4 Å². The van der Waals surface area contributed by atoms with Crippen LogP contribution < -0.4 is 5.32 Å². The minimum Gasteiger partial charge on any atom is -0.394 e. The molecule has 11 heteroatoms. The number of carbonyl (C=O) groups is 4. The van der Waals surface area contributed by atoms with Gasteiger partial charge in [-0.15, -0.1) is 5.06 Å². The molecule has 7 rings (SSSR count). The first-order chi connectivity index (χ1) is 26.4. The van der Waals surface area contributed by atoms with Crippen molar-refractivity contribution in [1.82, 2.24) is 15.4 Å². The van der Waals surface area contributed by atoms with Crippen molar-refractivity contribution in [2.45, 2.75) is 93.4 Å². The van der Waals surface area contributed by atoms with Crippen molar-refractivity contribution in [3.8, 4) is 0 Å². The Bertz CT molecular complexity index is 2290. The van der Waals surface area contributed by atoms with Crippen LogP contribution in [0.1, 0.15) is 103 Å². The minimum absolute atomic E-state index is 0.00992. The van der Waals surface area contributed by atoms with E-state index in [1.807, 2.05) is 45.3 Å². The van der Waals surface area contributed by atoms with Gasteiger partial charge < -0.3 is 15.1 Å². The standard InChI is InChI=1S/C44H48N6O5/c1-9-12-26(17-18-45-8)40-41-23(5)28(11-3)34(48-41)20-31-22(4)27(10-2)33(46-31)21-32-25(7)39-35(51)19-30(44(39)47-32)43-29(24(6)42(40)49-43)13-16-38(54)55-50-36(52)14-15-37(50)53/h9,12,17-18,20-21,24,29,45-46H,10-11,13-16,19H2,1-8H3/b12-9-,18-17?,32-21?,34-20?,40-26?,43-30?/t24-,29-/m0/s1. The molecule has 0 radical (unpaired) electrons. The molecule has 284 valence electrons. The molecule has 5 aliphatic heterocycles. The number of H-pyrrole nitrogens is 1. The number of hydrogen-bond donors (Lipinski definition) is 2. The maximum atomic E-state index is 13.9. The van der Waals surface area contributed by atoms with E-state index in [1.165, 1.54) is 5.56 Å². The van der Waals surface area contributed by atoms with Gasteiger partial charge in [0.1, 0.15) is 0 Å². The van der Waals surface area contributed by atoms with Gasteiger partial charge in [0, 0.05) is 72.7 Å². The first-order valence-corrected chi connectivity index (χ1v) is 19.3. The fourth-order valence-electron chi connectivity index (χ4n) is 8.66. The lowest BCUT2D eigenvalue weighted by Gasteiger charge is -2.21. The molecule has 0 spiro atoms. The monoisotopic (exact) mass is 740 g/mol. The van der Waals surface area contributed by atoms with Crippen molar-refractivity contribution < 1.29 is 24.0 Å². The van der Waals surface area contributed by atoms with Crippen LogP contribution in [0.4, 0.5) is 0 Å². The molecule has 55 heavy (non-hydrogen) atoms. The van der Waals surface area contributed by atoms with E-state index in [1.54, 1.807) is 0 Å². The second kappa shape index (κ2) is 14.8. The van der Waals surface area contributed by atoms with E-state index in [4.69, 9.17) is 19.8 Å². The number of imide groups is 1. The number of aromatic amines is 1. The number of hydrogen-bond acceptors (Lipinski definition) is 9. The highest BCUT2D eigenvalue weighted by Crippen LogP contribution is 2.47. The van der Waals surface area contributed by atoms with Crippen molar-refractivity contribution in [1.29, 1.82) is 0 Å². The quantitative estimate of drug-likeness (QED) is 0.252. The van der Waals surface area contributed by atoms with E-state index in [2.05, 4.69) is 57.1 Å². The van der Waals surface area contributed by atoms with E-state index >= 15 is 0 Å². The number of rotatable bonds is 9. The number of amides is 2. The Kier molecular flexibility index (Phi) is 10.1. The number of aromatic nitrogens is 1. The number of nitrogens with one attached hydrogen (secondary N) is 2. The molecule has 1 aromatic heterocycles. The molecular formula is C44H48N6O5. The van der Waals surface area contributed by atoms with E-state index in [-0.39, 0.29) is 43.3 Å². The highest BCUT2D eigenvalue weighted by molar-refractivity contribution is 6.39. The normalized spacial score (nSPS) is 23.2. The highest BCUT2D eigenvalue weighted by Gasteiger charge is 2.44. The number of hydroxylamine groups is 2. The Morgan fingerprint density at radius 2 is 1.67 bits per heavy atom. The molecule has 1 saturated heterocycles. The van der Waals surface area contributed by atoms with Crippen molar-refractivity contribution in [2.24, 2.45) is 26.8 Å². The Morgan fingerprint density at radius 3 is 2.35 bits per heavy atom. The average molecular weight is 741 g/mol. The van der Waals surface area contributed by atoms with Crippen LogP contribution in [0.2, 0.25) is 0 Å². The van der Waals surface area contributed by atoms with Gasteiger partial charge in [0.15, 0.2) is 5.78 Å². The molecule has 0 aromatic carbocycles. The second-order valence-electron chi connectivity index (χ2n) is 14.7. The summed E-state index contributed by atoms with van der Waals surface area (Å²) in [4.78, 5) is 76.6. The lowest BCUT2D eigenvalue weighted by Crippen LogP contribution is -2.32. The van der Waals surface area contributed by atoms with Gasteiger partial charge in [0.2, 0.25) is 0 Å². The van der Waals surface area contributed by atoms with E-state index in [0.717, 1.165) is 86.0 Å². The van der Waals surface area contributed by atoms with Crippen LogP contribution in [0.5, 0.6) is 0 Å². The summed E-state index contributed by atoms with van der Waals surface area (Å²) in [5, 5.41) is 3.72. The molecule has 11 nitrogen and oxygen atoms in total. The molecule has 6 heterocycles. The van der Waals surface area contributed by atoms with Gasteiger partial charge in [0.25, 0.3) is 11.8 Å². The molecule has 1 aromatic rings. The van der Waals surface area contributed by atoms with Gasteiger partial charge in [-0.2, -0.15) is 0 Å². The van der Waals surface area contributed by atoms with Crippen LogP contribution in [0, 0.1) is 18.8 Å². The Balaban J connectivity index is 1.48. The van der Waals surface area contributed by atoms with Crippen molar-refractivity contribution in [2.75, 3.05) is 7.05 Å². The molecule has 2 amide bonds. The number of Topliss-reactive ketones (excluding diaryl/α,β-unsaturated/α-hetero) is 1. The smallest absolute Gasteiger partial charge is 0.333 e. The van der Waals surface area contributed by atoms with Crippen LogP contribution in [-0.4, -0.2) is 57.8 Å². The number of nitrogens with zero attached hydrogens (tertiary/aromatic N) is 4. The fourth-order valence-corrected chi connectivity index (χ4v) is 8.66. The highest BCUT2D eigenvalue weighted by atomic mass is 16.7. The van der Waals surface area contributed by atoms with Crippen molar-refractivity contribution in [3.05, 3.63) is 103 Å². The molecule has 1 saturated carbocycles. The first kappa shape index (κ1) is 37.6. The molecule has 2 atom stereocenters. The zero-order valence-electron chi connectivity index (χ0n) is 32.9. The summed E-state index contributed by atoms with van der Waals surface area (Å²) in [6, 6.07) is 0. The molecule has 2 N–H and O–H groups in total. The number of fused-ring (bicyclic) bond motifs is 5. The predicted octanol–water partition coefficient (Wildman–Crippen LogP) is 7.46. The van der Waals surface area contributed by atoms with Gasteiger partial charge in [-0.1, -0.05) is 32.9 Å². The third-order valence-corrected chi connectivity index (χ3v) is 11.6. The molecule has 8 bridgehead atoms. The van der Waals surface area contributed by atoms with Crippen LogP contribution in [0.25, 0.3) is 12.2 Å². The summed E-state index contributed by atoms with van der Waals surface area (Å²) >= 11 is 0. The lowest BCUT2D eigenvalue weighted by atomic mass is 9.80. The zero-order valence-corrected chi connectivity index (χ0v) is 32.9. The molecule has 2 fully saturated rings. The summed E-state index contributed by atoms with van der Waals surface area (Å²) in [6.45, 7) is 14.6. The summed E-state index contributed by atoms with van der Waals surface area (Å²) < 4.78 is 0. The maximum Gasteiger partial charge on any atom is 0.333 e. The van der Waals surface area contributed by atoms with Crippen molar-refractivity contribution >= 4 is 52.9 Å². The van der Waals surface area contributed by atoms with Gasteiger partial charge in [-0.05, 0) is 105 Å². The van der Waals surface area contributed by atoms with E-state index < -0.39 is 17.8 Å². The van der Waals surface area contributed by atoms with Gasteiger partial charge in [-0.25, -0.2) is 14.8 Å². The minimum atomic E-state index is -0.676. The van der Waals surface area contributed by atoms with Crippen LogP contribution in [0.3, 0.4) is 0 Å². The molecule has 6 aliphatic rings. The second-order valence-corrected chi connectivity index (χ2v) is 14.7. The Morgan fingerprint density at radius 1 is 0.964 bits per heavy atom. The number of aliphatic imine (C=N–C) groups is 3. The summed E-state index contributed by atoms with van der Waals surface area (Å²) in [7, 11) is 1.85. The summed E-state index contributed by atoms with van der Waals surface area (Å²) in [5.41, 5.74) is 15.0. The van der Waals surface area contributed by atoms with Gasteiger partial charge in [0.05, 0.1) is 34.2 Å². The SMILES string of the molecule is C/C=C\C(C=CNC)=C1C2=NC(=Cc3[nH]c(c(CC)c3C)C=C3N=C4C(=C5N=C1[C@@H](C)[C@@H]5CCC(=O)ON1C(=O)CCC1=O)CC(=O)C4=C3C)C(CC)=C2C. The number of carbonyl (C=O) groups excluding carboxylic acids is 4. The number of ketones is 1. The summed E-state index contributed by atoms with van der Waals surface area (Å²) in [6.07, 6.45) is 14.1. The average Bonchev–Trinajstić information content (AvgIpc) is 3.97. The Labute approximate surface area is 321 Å². The third-order valence-electron chi connectivity index (χ3n) is 11.6. The van der Waals surface area contributed by atoms with E-state index in [0.29, 0.717) is 28.5 Å². The van der Waals surface area contributed by atoms with Crippen LogP contribution in [0.15, 0.2) is 95.5 Å². The Hall–Kier alpha value is -5.71. The largest absolute Gasteiger partial charge is 0.394 e.